The van der Waals surface area contributed by atoms with E-state index >= 15 is 0 Å². The highest BCUT2D eigenvalue weighted by Crippen LogP contribution is 2.28. The number of hydrogen-bond donors (Lipinski definition) is 1. The van der Waals surface area contributed by atoms with E-state index in [2.05, 4.69) is 31.3 Å². The summed E-state index contributed by atoms with van der Waals surface area (Å²) in [6, 6.07) is 16.2. The van der Waals surface area contributed by atoms with Gasteiger partial charge in [0.2, 0.25) is 5.91 Å². The van der Waals surface area contributed by atoms with Crippen molar-refractivity contribution in [1.29, 1.82) is 0 Å². The number of nitrogens with one attached hydrogen (secondary N) is 1. The fourth-order valence-corrected chi connectivity index (χ4v) is 4.22. The van der Waals surface area contributed by atoms with E-state index in [-0.39, 0.29) is 17.5 Å². The minimum absolute atomic E-state index is 0.107. The Hall–Kier alpha value is -3.54. The van der Waals surface area contributed by atoms with Crippen LogP contribution >= 0.6 is 0 Å². The number of fused-ring (bicyclic) bond motifs is 1. The molecule has 4 nitrogen and oxygen atoms in total. The van der Waals surface area contributed by atoms with Gasteiger partial charge in [0.05, 0.1) is 11.0 Å². The van der Waals surface area contributed by atoms with Gasteiger partial charge in [-0.2, -0.15) is 0 Å². The smallest absolute Gasteiger partial charge is 0.243 e. The molecule has 0 aliphatic rings. The quantitative estimate of drug-likeness (QED) is 0.341. The van der Waals surface area contributed by atoms with Crippen LogP contribution in [0.3, 0.4) is 0 Å². The number of aryl methyl sites for hydroxylation is 2. The number of hydrogen-bond acceptors (Lipinski definition) is 2. The molecule has 176 valence electrons. The van der Waals surface area contributed by atoms with Crippen LogP contribution < -0.4 is 5.32 Å². The number of imidazole rings is 1. The Balaban J connectivity index is 1.72. The SMILES string of the molecule is CCC[C@H](C(=O)NCc1ccc(F)cc1)n1c(Cc2ccc(F)cc2)nc2cc(C)c(C)cc21. The summed E-state index contributed by atoms with van der Waals surface area (Å²) in [6.45, 7) is 6.47. The topological polar surface area (TPSA) is 46.9 Å². The van der Waals surface area contributed by atoms with Gasteiger partial charge in [-0.3, -0.25) is 4.79 Å². The molecule has 34 heavy (non-hydrogen) atoms. The van der Waals surface area contributed by atoms with Crippen molar-refractivity contribution >= 4 is 16.9 Å². The summed E-state index contributed by atoms with van der Waals surface area (Å²) in [4.78, 5) is 18.3. The molecule has 1 N–H and O–H groups in total. The molecule has 0 saturated carbocycles. The van der Waals surface area contributed by atoms with Crippen LogP contribution in [0.1, 0.15) is 53.9 Å². The molecule has 0 unspecified atom stereocenters. The lowest BCUT2D eigenvalue weighted by Gasteiger charge is -2.21. The summed E-state index contributed by atoms with van der Waals surface area (Å²) < 4.78 is 28.7. The maximum absolute atomic E-state index is 13.4. The van der Waals surface area contributed by atoms with Gasteiger partial charge in [-0.05, 0) is 78.9 Å². The lowest BCUT2D eigenvalue weighted by atomic mass is 10.1. The molecule has 1 aromatic heterocycles. The van der Waals surface area contributed by atoms with E-state index in [0.717, 1.165) is 45.5 Å². The molecular formula is C28H29F2N3O. The molecule has 0 aliphatic carbocycles. The van der Waals surface area contributed by atoms with Crippen LogP contribution in [0.25, 0.3) is 11.0 Å². The summed E-state index contributed by atoms with van der Waals surface area (Å²) in [7, 11) is 0. The van der Waals surface area contributed by atoms with Crippen molar-refractivity contribution in [2.45, 2.75) is 52.6 Å². The molecule has 6 heteroatoms. The Kier molecular flexibility index (Phi) is 7.06. The van der Waals surface area contributed by atoms with E-state index in [0.29, 0.717) is 19.4 Å². The molecule has 3 aromatic carbocycles. The predicted molar refractivity (Wildman–Crippen MR) is 131 cm³/mol. The lowest BCUT2D eigenvalue weighted by Crippen LogP contribution is -2.33. The maximum atomic E-state index is 13.4. The first kappa shape index (κ1) is 23.6. The zero-order valence-corrected chi connectivity index (χ0v) is 19.7. The fraction of sp³-hybridized carbons (Fsp3) is 0.286. The molecule has 1 amide bonds. The molecule has 1 atom stereocenters. The average molecular weight is 462 g/mol. The van der Waals surface area contributed by atoms with Gasteiger partial charge >= 0.3 is 0 Å². The van der Waals surface area contributed by atoms with Crippen LogP contribution in [0.15, 0.2) is 60.7 Å². The monoisotopic (exact) mass is 461 g/mol. The summed E-state index contributed by atoms with van der Waals surface area (Å²) in [5.41, 5.74) is 5.78. The Morgan fingerprint density at radius 1 is 0.941 bits per heavy atom. The molecule has 4 aromatic rings. The first-order valence-corrected chi connectivity index (χ1v) is 11.6. The van der Waals surface area contributed by atoms with Gasteiger partial charge < -0.3 is 9.88 Å². The first-order valence-electron chi connectivity index (χ1n) is 11.6. The van der Waals surface area contributed by atoms with E-state index in [9.17, 15) is 13.6 Å². The molecule has 4 rings (SSSR count). The van der Waals surface area contributed by atoms with Crippen molar-refractivity contribution in [2.24, 2.45) is 0 Å². The molecule has 0 fully saturated rings. The molecule has 1 heterocycles. The number of aromatic nitrogens is 2. The standard InChI is InChI=1S/C28H29F2N3O/c1-4-5-25(28(34)31-17-21-8-12-23(30)13-9-21)33-26-15-19(3)18(2)14-24(26)32-27(33)16-20-6-10-22(29)11-7-20/h6-15,25H,4-5,16-17H2,1-3H3,(H,31,34)/t25-/m1/s1. The normalized spacial score (nSPS) is 12.1. The van der Waals surface area contributed by atoms with Crippen LogP contribution in [-0.2, 0) is 17.8 Å². The van der Waals surface area contributed by atoms with E-state index in [4.69, 9.17) is 4.98 Å². The van der Waals surface area contributed by atoms with Gasteiger partial charge in [0.1, 0.15) is 23.5 Å². The van der Waals surface area contributed by atoms with E-state index in [1.807, 2.05) is 11.5 Å². The Morgan fingerprint density at radius 2 is 1.53 bits per heavy atom. The van der Waals surface area contributed by atoms with Crippen LogP contribution in [0.5, 0.6) is 0 Å². The largest absolute Gasteiger partial charge is 0.350 e. The molecule has 0 saturated heterocycles. The predicted octanol–water partition coefficient (Wildman–Crippen LogP) is 6.18. The molecule has 0 bridgehead atoms. The van der Waals surface area contributed by atoms with Crippen molar-refractivity contribution < 1.29 is 13.6 Å². The highest BCUT2D eigenvalue weighted by atomic mass is 19.1. The van der Waals surface area contributed by atoms with Crippen LogP contribution in [0.2, 0.25) is 0 Å². The van der Waals surface area contributed by atoms with Crippen molar-refractivity contribution in [3.63, 3.8) is 0 Å². The van der Waals surface area contributed by atoms with Gasteiger partial charge in [-0.15, -0.1) is 0 Å². The second-order valence-electron chi connectivity index (χ2n) is 8.78. The minimum atomic E-state index is -0.451. The molecule has 0 spiro atoms. The summed E-state index contributed by atoms with van der Waals surface area (Å²) in [5.74, 6) is 0.0681. The molecule has 0 radical (unpaired) electrons. The van der Waals surface area contributed by atoms with E-state index in [1.54, 1.807) is 24.3 Å². The average Bonchev–Trinajstić information content (AvgIpc) is 3.14. The second-order valence-corrected chi connectivity index (χ2v) is 8.78. The van der Waals surface area contributed by atoms with Crippen molar-refractivity contribution in [2.75, 3.05) is 0 Å². The van der Waals surface area contributed by atoms with Gasteiger partial charge in [0.15, 0.2) is 0 Å². The third-order valence-electron chi connectivity index (χ3n) is 6.21. The van der Waals surface area contributed by atoms with Crippen LogP contribution in [0, 0.1) is 25.5 Å². The van der Waals surface area contributed by atoms with Crippen molar-refractivity contribution in [3.05, 3.63) is 100 Å². The van der Waals surface area contributed by atoms with E-state index < -0.39 is 6.04 Å². The number of carbonyl (C=O) groups excluding carboxylic acids is 1. The number of carbonyl (C=O) groups is 1. The third-order valence-corrected chi connectivity index (χ3v) is 6.21. The van der Waals surface area contributed by atoms with Crippen molar-refractivity contribution in [3.8, 4) is 0 Å². The Bertz CT molecular complexity index is 1290. The fourth-order valence-electron chi connectivity index (χ4n) is 4.22. The number of rotatable bonds is 8. The maximum Gasteiger partial charge on any atom is 0.243 e. The summed E-state index contributed by atoms with van der Waals surface area (Å²) in [6.07, 6.45) is 1.94. The number of amides is 1. The Labute approximate surface area is 198 Å². The highest BCUT2D eigenvalue weighted by molar-refractivity contribution is 5.85. The van der Waals surface area contributed by atoms with Gasteiger partial charge in [-0.1, -0.05) is 37.6 Å². The molecule has 0 aliphatic heterocycles. The van der Waals surface area contributed by atoms with Crippen molar-refractivity contribution in [1.82, 2.24) is 14.9 Å². The minimum Gasteiger partial charge on any atom is -0.350 e. The Morgan fingerprint density at radius 3 is 2.15 bits per heavy atom. The second kappa shape index (κ2) is 10.2. The number of nitrogens with zero attached hydrogens (tertiary/aromatic N) is 2. The third kappa shape index (κ3) is 5.16. The highest BCUT2D eigenvalue weighted by Gasteiger charge is 2.25. The first-order chi connectivity index (χ1) is 16.4. The number of benzene rings is 3. The van der Waals surface area contributed by atoms with Gasteiger partial charge in [-0.25, -0.2) is 13.8 Å². The summed E-state index contributed by atoms with van der Waals surface area (Å²) >= 11 is 0. The molecular weight excluding hydrogens is 432 g/mol. The summed E-state index contributed by atoms with van der Waals surface area (Å²) in [5, 5.41) is 3.02. The van der Waals surface area contributed by atoms with Crippen LogP contribution in [-0.4, -0.2) is 15.5 Å². The lowest BCUT2D eigenvalue weighted by molar-refractivity contribution is -0.124. The van der Waals surface area contributed by atoms with Gasteiger partial charge in [0, 0.05) is 13.0 Å². The van der Waals surface area contributed by atoms with Crippen LogP contribution in [0.4, 0.5) is 8.78 Å². The zero-order valence-electron chi connectivity index (χ0n) is 19.7. The zero-order chi connectivity index (χ0) is 24.2. The van der Waals surface area contributed by atoms with E-state index in [1.165, 1.54) is 24.3 Å². The number of halogens is 2. The van der Waals surface area contributed by atoms with Gasteiger partial charge in [0.25, 0.3) is 0 Å².